The van der Waals surface area contributed by atoms with Gasteiger partial charge >= 0.3 is 0 Å². The van der Waals surface area contributed by atoms with E-state index < -0.39 is 0 Å². The number of nitrogens with zero attached hydrogens (tertiary/aromatic N) is 6. The third-order valence-electron chi connectivity index (χ3n) is 4.25. The van der Waals surface area contributed by atoms with Gasteiger partial charge in [-0.1, -0.05) is 0 Å². The highest BCUT2D eigenvalue weighted by Crippen LogP contribution is 2.20. The van der Waals surface area contributed by atoms with Gasteiger partial charge in [-0.25, -0.2) is 9.67 Å². The van der Waals surface area contributed by atoms with Gasteiger partial charge in [-0.2, -0.15) is 10.1 Å². The minimum atomic E-state index is -0.296. The largest absolute Gasteiger partial charge is 0.385 e. The van der Waals surface area contributed by atoms with Crippen LogP contribution >= 0.6 is 0 Å². The number of amides is 1. The van der Waals surface area contributed by atoms with Crippen molar-refractivity contribution < 1.29 is 9.53 Å². The third kappa shape index (κ3) is 3.38. The van der Waals surface area contributed by atoms with E-state index in [0.29, 0.717) is 17.4 Å². The molecule has 25 heavy (non-hydrogen) atoms. The number of carbonyl (C=O) groups is 1. The highest BCUT2D eigenvalue weighted by molar-refractivity contribution is 6.02. The number of fused-ring (bicyclic) bond motifs is 1. The van der Waals surface area contributed by atoms with Gasteiger partial charge in [0, 0.05) is 26.9 Å². The predicted octanol–water partition coefficient (Wildman–Crippen LogP) is -0.719. The van der Waals surface area contributed by atoms with E-state index in [-0.39, 0.29) is 24.2 Å². The maximum absolute atomic E-state index is 11.7. The van der Waals surface area contributed by atoms with Crippen LogP contribution in [0.15, 0.2) is 27.4 Å². The zero-order valence-electron chi connectivity index (χ0n) is 14.5. The van der Waals surface area contributed by atoms with Crippen molar-refractivity contribution in [3.63, 3.8) is 0 Å². The van der Waals surface area contributed by atoms with Crippen molar-refractivity contribution >= 4 is 24.0 Å². The summed E-state index contributed by atoms with van der Waals surface area (Å²) in [4.78, 5) is 27.0. The first-order valence-electron chi connectivity index (χ1n) is 8.04. The monoisotopic (exact) mass is 346 g/mol. The molecule has 0 bridgehead atoms. The number of ether oxygens (including phenoxy) is 1. The minimum Gasteiger partial charge on any atom is -0.385 e. The first-order valence-corrected chi connectivity index (χ1v) is 8.04. The van der Waals surface area contributed by atoms with Crippen LogP contribution in [0, 0.1) is 0 Å². The Morgan fingerprint density at radius 3 is 3.04 bits per heavy atom. The fourth-order valence-corrected chi connectivity index (χ4v) is 2.63. The van der Waals surface area contributed by atoms with Crippen LogP contribution in [-0.4, -0.2) is 77.7 Å². The molecule has 134 valence electrons. The van der Waals surface area contributed by atoms with Crippen LogP contribution in [0.25, 0.3) is 0 Å². The third-order valence-corrected chi connectivity index (χ3v) is 4.25. The summed E-state index contributed by atoms with van der Waals surface area (Å²) in [6, 6.07) is -0.296. The van der Waals surface area contributed by atoms with E-state index >= 15 is 0 Å². The maximum Gasteiger partial charge on any atom is 0.254 e. The summed E-state index contributed by atoms with van der Waals surface area (Å²) in [5.41, 5.74) is 6.49. The van der Waals surface area contributed by atoms with Crippen molar-refractivity contribution in [2.24, 2.45) is 20.7 Å². The Morgan fingerprint density at radius 1 is 1.52 bits per heavy atom. The molecule has 10 heteroatoms. The first kappa shape index (κ1) is 17.1. The van der Waals surface area contributed by atoms with Crippen LogP contribution in [0.2, 0.25) is 0 Å². The van der Waals surface area contributed by atoms with E-state index in [1.54, 1.807) is 26.7 Å². The SMILES string of the molecule is CNC(=O)c1cnn(C2=NC3C(N=CN3CCC(C)OC)C(N)=N2)c1. The molecule has 0 radical (unpaired) electrons. The van der Waals surface area contributed by atoms with Gasteiger partial charge < -0.3 is 20.7 Å². The smallest absolute Gasteiger partial charge is 0.254 e. The second-order valence-electron chi connectivity index (χ2n) is 5.91. The molecule has 0 fully saturated rings. The number of hydrogen-bond donors (Lipinski definition) is 2. The summed E-state index contributed by atoms with van der Waals surface area (Å²) in [6.45, 7) is 2.76. The molecule has 3 heterocycles. The molecule has 2 aliphatic rings. The molecule has 3 atom stereocenters. The van der Waals surface area contributed by atoms with Crippen molar-refractivity contribution in [3.8, 4) is 0 Å². The van der Waals surface area contributed by atoms with E-state index in [4.69, 9.17) is 10.5 Å². The van der Waals surface area contributed by atoms with E-state index in [0.717, 1.165) is 13.0 Å². The number of aromatic nitrogens is 2. The molecular formula is C15H22N8O2. The van der Waals surface area contributed by atoms with E-state index in [9.17, 15) is 4.79 Å². The summed E-state index contributed by atoms with van der Waals surface area (Å²) in [5.74, 6) is 0.492. The molecule has 3 rings (SSSR count). The first-order chi connectivity index (χ1) is 12.0. The molecular weight excluding hydrogens is 324 g/mol. The standard InChI is InChI=1S/C15H22N8O2/c1-9(25-3)4-5-22-8-18-11-12(16)20-15(21-13(11)22)23-7-10(6-19-23)14(24)17-2/h6-9,11,13H,4-5H2,1-3H3,(H,17,24)(H2,16,20,21). The van der Waals surface area contributed by atoms with Gasteiger partial charge in [0.25, 0.3) is 5.91 Å². The maximum atomic E-state index is 11.7. The second-order valence-corrected chi connectivity index (χ2v) is 5.91. The number of carbonyl (C=O) groups excluding carboxylic acids is 1. The minimum absolute atomic E-state index is 0.145. The molecule has 10 nitrogen and oxygen atoms in total. The molecule has 0 aromatic carbocycles. The van der Waals surface area contributed by atoms with E-state index in [1.807, 2.05) is 11.8 Å². The zero-order valence-corrected chi connectivity index (χ0v) is 14.5. The molecule has 0 saturated carbocycles. The van der Waals surface area contributed by atoms with Crippen LogP contribution in [-0.2, 0) is 4.74 Å². The Hall–Kier alpha value is -2.75. The Labute approximate surface area is 145 Å². The highest BCUT2D eigenvalue weighted by atomic mass is 16.5. The fraction of sp³-hybridized carbons (Fsp3) is 0.533. The Kier molecular flexibility index (Phi) is 4.79. The Balaban J connectivity index is 1.79. The number of hydrogen-bond acceptors (Lipinski definition) is 8. The number of amidine groups is 1. The summed E-state index contributed by atoms with van der Waals surface area (Å²) in [5, 5.41) is 6.70. The second kappa shape index (κ2) is 7.01. The number of aliphatic imine (C=N–C) groups is 3. The fourth-order valence-electron chi connectivity index (χ4n) is 2.63. The average Bonchev–Trinajstić information content (AvgIpc) is 3.26. The Morgan fingerprint density at radius 2 is 2.32 bits per heavy atom. The molecule has 3 N–H and O–H groups in total. The van der Waals surface area contributed by atoms with Crippen molar-refractivity contribution in [3.05, 3.63) is 18.0 Å². The number of methoxy groups -OCH3 is 1. The molecule has 0 saturated heterocycles. The lowest BCUT2D eigenvalue weighted by Crippen LogP contribution is -2.46. The summed E-state index contributed by atoms with van der Waals surface area (Å²) < 4.78 is 6.73. The molecule has 0 aliphatic carbocycles. The summed E-state index contributed by atoms with van der Waals surface area (Å²) in [7, 11) is 3.25. The van der Waals surface area contributed by atoms with E-state index in [2.05, 4.69) is 25.4 Å². The van der Waals surface area contributed by atoms with Crippen LogP contribution in [0.4, 0.5) is 0 Å². The molecule has 2 aliphatic heterocycles. The zero-order chi connectivity index (χ0) is 18.0. The summed E-state index contributed by atoms with van der Waals surface area (Å²) in [6.07, 6.45) is 5.52. The number of rotatable bonds is 5. The molecule has 3 unspecified atom stereocenters. The van der Waals surface area contributed by atoms with Gasteiger partial charge in [0.05, 0.1) is 24.2 Å². The van der Waals surface area contributed by atoms with Crippen LogP contribution in [0.5, 0.6) is 0 Å². The quantitative estimate of drug-likeness (QED) is 0.728. The van der Waals surface area contributed by atoms with Gasteiger partial charge in [0.1, 0.15) is 11.9 Å². The Bertz CT molecular complexity index is 738. The number of nitrogens with two attached hydrogens (primary N) is 1. The lowest BCUT2D eigenvalue weighted by molar-refractivity contribution is 0.0963. The number of nitrogens with one attached hydrogen (secondary N) is 1. The highest BCUT2D eigenvalue weighted by Gasteiger charge is 2.36. The van der Waals surface area contributed by atoms with Gasteiger partial charge in [-0.05, 0) is 13.3 Å². The molecule has 1 aromatic heterocycles. The van der Waals surface area contributed by atoms with Crippen molar-refractivity contribution in [1.82, 2.24) is 20.0 Å². The average molecular weight is 346 g/mol. The van der Waals surface area contributed by atoms with Gasteiger partial charge in [-0.3, -0.25) is 9.79 Å². The van der Waals surface area contributed by atoms with Gasteiger partial charge in [0.15, 0.2) is 6.17 Å². The van der Waals surface area contributed by atoms with Crippen LogP contribution in [0.1, 0.15) is 23.7 Å². The lowest BCUT2D eigenvalue weighted by atomic mass is 10.2. The molecule has 1 aromatic rings. The van der Waals surface area contributed by atoms with Crippen LogP contribution in [0.3, 0.4) is 0 Å². The molecule has 1 amide bonds. The predicted molar refractivity (Wildman–Crippen MR) is 93.9 cm³/mol. The van der Waals surface area contributed by atoms with Crippen molar-refractivity contribution in [2.45, 2.75) is 31.7 Å². The normalized spacial score (nSPS) is 23.1. The summed E-state index contributed by atoms with van der Waals surface area (Å²) >= 11 is 0. The molecule has 0 spiro atoms. The van der Waals surface area contributed by atoms with Gasteiger partial charge in [0.2, 0.25) is 5.96 Å². The van der Waals surface area contributed by atoms with Crippen molar-refractivity contribution in [1.29, 1.82) is 0 Å². The topological polar surface area (TPSA) is 122 Å². The lowest BCUT2D eigenvalue weighted by Gasteiger charge is -2.28. The van der Waals surface area contributed by atoms with E-state index in [1.165, 1.54) is 10.9 Å². The van der Waals surface area contributed by atoms with Crippen LogP contribution < -0.4 is 11.1 Å². The van der Waals surface area contributed by atoms with Crippen molar-refractivity contribution in [2.75, 3.05) is 20.7 Å². The van der Waals surface area contributed by atoms with Gasteiger partial charge in [-0.15, -0.1) is 0 Å².